The molecule has 8 heteroatoms. The number of aromatic nitrogens is 2. The summed E-state index contributed by atoms with van der Waals surface area (Å²) in [6.45, 7) is 1.97. The summed E-state index contributed by atoms with van der Waals surface area (Å²) in [5.41, 5.74) is 6.54. The molecule has 1 saturated heterocycles. The molecule has 0 bridgehead atoms. The predicted octanol–water partition coefficient (Wildman–Crippen LogP) is 3.53. The molecule has 2 heterocycles. The highest BCUT2D eigenvalue weighted by Gasteiger charge is 2.37. The van der Waals surface area contributed by atoms with Crippen molar-refractivity contribution in [2.75, 3.05) is 37.9 Å². The third kappa shape index (κ3) is 4.08. The van der Waals surface area contributed by atoms with Gasteiger partial charge < -0.3 is 20.5 Å². The molecule has 1 fully saturated rings. The van der Waals surface area contributed by atoms with Crippen molar-refractivity contribution in [3.63, 3.8) is 0 Å². The maximum Gasteiger partial charge on any atom is 0.223 e. The Labute approximate surface area is 156 Å². The zero-order valence-electron chi connectivity index (χ0n) is 13.9. The Bertz CT molecular complexity index is 731. The average Bonchev–Trinajstić information content (AvgIpc) is 2.60. The molecule has 2 aromatic rings. The molecule has 3 rings (SSSR count). The normalized spacial score (nSPS) is 16.4. The lowest BCUT2D eigenvalue weighted by Crippen LogP contribution is -2.40. The van der Waals surface area contributed by atoms with Crippen molar-refractivity contribution in [2.24, 2.45) is 0 Å². The fraction of sp³-hybridized carbons (Fsp3) is 0.412. The molecule has 25 heavy (non-hydrogen) atoms. The number of ether oxygens (including phenoxy) is 2. The van der Waals surface area contributed by atoms with Crippen LogP contribution in [0.1, 0.15) is 18.4 Å². The van der Waals surface area contributed by atoms with Gasteiger partial charge in [0.15, 0.2) is 0 Å². The molecule has 6 nitrogen and oxygen atoms in total. The van der Waals surface area contributed by atoms with Crippen LogP contribution in [0.4, 0.5) is 11.8 Å². The number of rotatable bonds is 5. The molecule has 0 unspecified atom stereocenters. The molecule has 134 valence electrons. The number of methoxy groups -OCH3 is 1. The molecule has 0 saturated carbocycles. The first-order chi connectivity index (χ1) is 12.0. The minimum absolute atomic E-state index is 0.136. The van der Waals surface area contributed by atoms with Crippen LogP contribution in [0, 0.1) is 0 Å². The van der Waals surface area contributed by atoms with Crippen LogP contribution in [0.15, 0.2) is 24.3 Å². The molecule has 1 aromatic heterocycles. The maximum absolute atomic E-state index is 6.25. The van der Waals surface area contributed by atoms with E-state index >= 15 is 0 Å². The number of nitrogens with zero attached hydrogens (tertiary/aromatic N) is 2. The number of nitrogen functional groups attached to an aromatic ring is 1. The Morgan fingerprint density at radius 2 is 2.00 bits per heavy atom. The van der Waals surface area contributed by atoms with Crippen molar-refractivity contribution in [1.82, 2.24) is 9.97 Å². The first kappa shape index (κ1) is 18.0. The first-order valence-electron chi connectivity index (χ1n) is 7.98. The van der Waals surface area contributed by atoms with Crippen molar-refractivity contribution in [3.05, 3.63) is 40.0 Å². The topological polar surface area (TPSA) is 82.3 Å². The van der Waals surface area contributed by atoms with E-state index in [1.807, 2.05) is 18.2 Å². The fourth-order valence-electron chi connectivity index (χ4n) is 3.18. The minimum atomic E-state index is -0.194. The van der Waals surface area contributed by atoms with Gasteiger partial charge in [0.05, 0.1) is 7.11 Å². The molecule has 1 aliphatic heterocycles. The first-order valence-corrected chi connectivity index (χ1v) is 8.74. The van der Waals surface area contributed by atoms with E-state index in [2.05, 4.69) is 15.3 Å². The second-order valence-electron chi connectivity index (χ2n) is 6.02. The summed E-state index contributed by atoms with van der Waals surface area (Å²) in [6.07, 6.45) is 1.68. The van der Waals surface area contributed by atoms with Crippen LogP contribution in [0.3, 0.4) is 0 Å². The Morgan fingerprint density at radius 1 is 1.24 bits per heavy atom. The highest BCUT2D eigenvalue weighted by Crippen LogP contribution is 2.41. The highest BCUT2D eigenvalue weighted by atomic mass is 35.5. The van der Waals surface area contributed by atoms with Gasteiger partial charge >= 0.3 is 0 Å². The Hall–Kier alpha value is -1.76. The Kier molecular flexibility index (Phi) is 5.51. The number of anilines is 2. The molecule has 0 radical (unpaired) electrons. The lowest BCUT2D eigenvalue weighted by Gasteiger charge is -2.39. The van der Waals surface area contributed by atoms with Crippen molar-refractivity contribution in [3.8, 4) is 5.75 Å². The molecular weight excluding hydrogens is 363 g/mol. The van der Waals surface area contributed by atoms with Gasteiger partial charge in [0, 0.05) is 41.8 Å². The van der Waals surface area contributed by atoms with Crippen LogP contribution >= 0.6 is 23.2 Å². The second kappa shape index (κ2) is 7.64. The van der Waals surface area contributed by atoms with E-state index in [0.29, 0.717) is 35.8 Å². The van der Waals surface area contributed by atoms with Crippen LogP contribution in [-0.2, 0) is 10.2 Å². The van der Waals surface area contributed by atoms with Gasteiger partial charge in [0.25, 0.3) is 0 Å². The van der Waals surface area contributed by atoms with Gasteiger partial charge in [0.2, 0.25) is 5.95 Å². The SMILES string of the molecule is COc1ccc(Cl)cc1C1(CNc2cc(Cl)nc(N)n2)CCOCC1. The summed E-state index contributed by atoms with van der Waals surface area (Å²) in [5, 5.41) is 4.32. The summed E-state index contributed by atoms with van der Waals surface area (Å²) < 4.78 is 11.1. The van der Waals surface area contributed by atoms with Gasteiger partial charge in [-0.1, -0.05) is 23.2 Å². The number of benzene rings is 1. The quantitative estimate of drug-likeness (QED) is 0.769. The monoisotopic (exact) mass is 382 g/mol. The number of nitrogens with one attached hydrogen (secondary N) is 1. The molecular formula is C17H20Cl2N4O2. The maximum atomic E-state index is 6.25. The van der Waals surface area contributed by atoms with Crippen LogP contribution in [0.2, 0.25) is 10.2 Å². The van der Waals surface area contributed by atoms with Crippen LogP contribution in [0.25, 0.3) is 0 Å². The zero-order chi connectivity index (χ0) is 17.9. The van der Waals surface area contributed by atoms with Gasteiger partial charge in [-0.15, -0.1) is 0 Å². The molecule has 1 aliphatic rings. The minimum Gasteiger partial charge on any atom is -0.496 e. The number of hydrogen-bond donors (Lipinski definition) is 2. The van der Waals surface area contributed by atoms with Gasteiger partial charge in [-0.2, -0.15) is 4.98 Å². The number of hydrogen-bond acceptors (Lipinski definition) is 6. The molecule has 0 amide bonds. The zero-order valence-corrected chi connectivity index (χ0v) is 15.4. The van der Waals surface area contributed by atoms with E-state index in [4.69, 9.17) is 38.4 Å². The molecule has 0 aliphatic carbocycles. The summed E-state index contributed by atoms with van der Waals surface area (Å²) in [7, 11) is 1.66. The third-order valence-corrected chi connectivity index (χ3v) is 4.93. The van der Waals surface area contributed by atoms with Crippen LogP contribution < -0.4 is 15.8 Å². The van der Waals surface area contributed by atoms with Crippen molar-refractivity contribution in [2.45, 2.75) is 18.3 Å². The fourth-order valence-corrected chi connectivity index (χ4v) is 3.55. The van der Waals surface area contributed by atoms with Gasteiger partial charge in [-0.25, -0.2) is 4.98 Å². The third-order valence-electron chi connectivity index (χ3n) is 4.50. The summed E-state index contributed by atoms with van der Waals surface area (Å²) in [6, 6.07) is 7.35. The van der Waals surface area contributed by atoms with Gasteiger partial charge in [-0.3, -0.25) is 0 Å². The second-order valence-corrected chi connectivity index (χ2v) is 6.85. The van der Waals surface area contributed by atoms with Crippen molar-refractivity contribution < 1.29 is 9.47 Å². The van der Waals surface area contributed by atoms with E-state index in [1.54, 1.807) is 13.2 Å². The lowest BCUT2D eigenvalue weighted by molar-refractivity contribution is 0.0535. The number of nitrogens with two attached hydrogens (primary N) is 1. The Balaban J connectivity index is 1.92. The predicted molar refractivity (Wildman–Crippen MR) is 99.7 cm³/mol. The van der Waals surface area contributed by atoms with Crippen LogP contribution in [0.5, 0.6) is 5.75 Å². The van der Waals surface area contributed by atoms with Gasteiger partial charge in [0.1, 0.15) is 16.7 Å². The van der Waals surface area contributed by atoms with E-state index in [-0.39, 0.29) is 11.4 Å². The molecule has 0 atom stereocenters. The van der Waals surface area contributed by atoms with E-state index in [0.717, 1.165) is 24.2 Å². The summed E-state index contributed by atoms with van der Waals surface area (Å²) in [4.78, 5) is 8.06. The van der Waals surface area contributed by atoms with E-state index < -0.39 is 0 Å². The molecule has 3 N–H and O–H groups in total. The van der Waals surface area contributed by atoms with Crippen molar-refractivity contribution >= 4 is 35.0 Å². The van der Waals surface area contributed by atoms with Gasteiger partial charge in [-0.05, 0) is 31.0 Å². The van der Waals surface area contributed by atoms with Crippen molar-refractivity contribution in [1.29, 1.82) is 0 Å². The highest BCUT2D eigenvalue weighted by molar-refractivity contribution is 6.30. The Morgan fingerprint density at radius 3 is 2.68 bits per heavy atom. The van der Waals surface area contributed by atoms with Crippen LogP contribution in [-0.4, -0.2) is 36.8 Å². The largest absolute Gasteiger partial charge is 0.496 e. The molecule has 0 spiro atoms. The summed E-state index contributed by atoms with van der Waals surface area (Å²) >= 11 is 12.2. The number of halogens is 2. The standard InChI is InChI=1S/C17H20Cl2N4O2/c1-24-13-3-2-11(18)8-12(13)17(4-6-25-7-5-17)10-21-15-9-14(19)22-16(20)23-15/h2-3,8-9H,4-7,10H2,1H3,(H3,20,21,22,23). The molecule has 1 aromatic carbocycles. The van der Waals surface area contributed by atoms with E-state index in [9.17, 15) is 0 Å². The lowest BCUT2D eigenvalue weighted by atomic mass is 9.73. The average molecular weight is 383 g/mol. The van der Waals surface area contributed by atoms with E-state index in [1.165, 1.54) is 0 Å². The summed E-state index contributed by atoms with van der Waals surface area (Å²) in [5.74, 6) is 1.54. The smallest absolute Gasteiger partial charge is 0.223 e.